The lowest BCUT2D eigenvalue weighted by Gasteiger charge is -2.19. The van der Waals surface area contributed by atoms with Crippen LogP contribution in [0.1, 0.15) is 52.9 Å². The van der Waals surface area contributed by atoms with E-state index in [1.807, 2.05) is 0 Å². The first-order chi connectivity index (χ1) is 15.5. The fourth-order valence-corrected chi connectivity index (χ4v) is 4.30. The molecule has 0 amide bonds. The van der Waals surface area contributed by atoms with Gasteiger partial charge in [-0.1, -0.05) is 77.9 Å². The van der Waals surface area contributed by atoms with Crippen LogP contribution in [0.2, 0.25) is 0 Å². The number of H-pyrrole nitrogens is 1. The van der Waals surface area contributed by atoms with E-state index >= 15 is 0 Å². The van der Waals surface area contributed by atoms with E-state index in [0.717, 1.165) is 50.4 Å². The van der Waals surface area contributed by atoms with E-state index in [9.17, 15) is 0 Å². The molecule has 0 saturated heterocycles. The molecule has 0 saturated carbocycles. The number of aromatic amines is 1. The molecule has 3 aromatic carbocycles. The maximum Gasteiger partial charge on any atom is 0.140 e. The quantitative estimate of drug-likeness (QED) is 0.314. The van der Waals surface area contributed by atoms with E-state index in [4.69, 9.17) is 9.97 Å². The molecular formula is C29H32N4. The van der Waals surface area contributed by atoms with Gasteiger partial charge in [0.1, 0.15) is 11.6 Å². The van der Waals surface area contributed by atoms with Crippen LogP contribution in [0.25, 0.3) is 44.6 Å². The highest BCUT2D eigenvalue weighted by atomic mass is 15.1. The van der Waals surface area contributed by atoms with E-state index in [0.29, 0.717) is 0 Å². The first-order valence-electron chi connectivity index (χ1n) is 11.6. The van der Waals surface area contributed by atoms with Gasteiger partial charge >= 0.3 is 0 Å². The third kappa shape index (κ3) is 3.84. The molecule has 0 aliphatic carbocycles. The van der Waals surface area contributed by atoms with Crippen molar-refractivity contribution in [2.24, 2.45) is 7.05 Å². The summed E-state index contributed by atoms with van der Waals surface area (Å²) in [5, 5.41) is 0. The van der Waals surface area contributed by atoms with Gasteiger partial charge < -0.3 is 9.55 Å². The van der Waals surface area contributed by atoms with Crippen molar-refractivity contribution in [2.75, 3.05) is 0 Å². The molecule has 4 nitrogen and oxygen atoms in total. The molecule has 2 aromatic heterocycles. The molecule has 168 valence electrons. The predicted molar refractivity (Wildman–Crippen MR) is 139 cm³/mol. The number of hydrogen-bond acceptors (Lipinski definition) is 2. The highest BCUT2D eigenvalue weighted by Gasteiger charge is 2.19. The minimum absolute atomic E-state index is 0.00641. The van der Waals surface area contributed by atoms with Crippen molar-refractivity contribution in [2.45, 2.75) is 52.4 Å². The van der Waals surface area contributed by atoms with Crippen LogP contribution in [0.4, 0.5) is 0 Å². The van der Waals surface area contributed by atoms with Crippen LogP contribution >= 0.6 is 0 Å². The van der Waals surface area contributed by atoms with Crippen LogP contribution in [0, 0.1) is 0 Å². The van der Waals surface area contributed by atoms with Gasteiger partial charge in [-0.15, -0.1) is 0 Å². The topological polar surface area (TPSA) is 46.5 Å². The highest BCUT2D eigenvalue weighted by Crippen LogP contribution is 2.31. The zero-order valence-corrected chi connectivity index (χ0v) is 20.6. The molecule has 2 heterocycles. The molecule has 0 fully saturated rings. The fourth-order valence-electron chi connectivity index (χ4n) is 4.30. The number of benzene rings is 3. The van der Waals surface area contributed by atoms with Crippen LogP contribution in [-0.4, -0.2) is 19.5 Å². The maximum absolute atomic E-state index is 5.00. The average molecular weight is 437 g/mol. The van der Waals surface area contributed by atoms with E-state index in [1.54, 1.807) is 0 Å². The predicted octanol–water partition coefficient (Wildman–Crippen LogP) is 7.38. The van der Waals surface area contributed by atoms with Crippen molar-refractivity contribution in [3.05, 3.63) is 72.1 Å². The Labute approximate surface area is 195 Å². The normalized spacial score (nSPS) is 12.7. The third-order valence-corrected chi connectivity index (χ3v) is 6.42. The highest BCUT2D eigenvalue weighted by molar-refractivity contribution is 5.88. The molecule has 4 heteroatoms. The monoisotopic (exact) mass is 436 g/mol. The summed E-state index contributed by atoms with van der Waals surface area (Å²) >= 11 is 0. The molecule has 1 N–H and O–H groups in total. The molecule has 33 heavy (non-hydrogen) atoms. The molecule has 5 rings (SSSR count). The van der Waals surface area contributed by atoms with E-state index in [2.05, 4.69) is 119 Å². The lowest BCUT2D eigenvalue weighted by molar-refractivity contribution is 0.554. The molecule has 0 radical (unpaired) electrons. The first kappa shape index (κ1) is 21.4. The van der Waals surface area contributed by atoms with E-state index < -0.39 is 0 Å². The summed E-state index contributed by atoms with van der Waals surface area (Å²) in [5.41, 5.74) is 9.13. The Kier molecular flexibility index (Phi) is 4.75. The Morgan fingerprint density at radius 3 is 1.97 bits per heavy atom. The molecule has 0 aliphatic rings. The van der Waals surface area contributed by atoms with Crippen LogP contribution in [0.15, 0.2) is 60.7 Å². The number of fused-ring (bicyclic) bond motifs is 2. The number of hydrogen-bond donors (Lipinski definition) is 1. The van der Waals surface area contributed by atoms with Gasteiger partial charge in [0.2, 0.25) is 0 Å². The molecule has 0 spiro atoms. The number of nitrogens with one attached hydrogen (secondary N) is 1. The Balaban J connectivity index is 1.54. The van der Waals surface area contributed by atoms with Crippen molar-refractivity contribution in [3.8, 4) is 22.5 Å². The minimum Gasteiger partial charge on any atom is -0.342 e. The largest absolute Gasteiger partial charge is 0.342 e. The van der Waals surface area contributed by atoms with Gasteiger partial charge in [0, 0.05) is 18.0 Å². The summed E-state index contributed by atoms with van der Waals surface area (Å²) in [6.45, 7) is 13.2. The van der Waals surface area contributed by atoms with Crippen LogP contribution < -0.4 is 0 Å². The fraction of sp³-hybridized carbons (Fsp3) is 0.310. The van der Waals surface area contributed by atoms with Crippen molar-refractivity contribution in [1.29, 1.82) is 0 Å². The van der Waals surface area contributed by atoms with Crippen LogP contribution in [0.5, 0.6) is 0 Å². The van der Waals surface area contributed by atoms with Gasteiger partial charge in [0.05, 0.1) is 22.1 Å². The summed E-state index contributed by atoms with van der Waals surface area (Å²) < 4.78 is 2.18. The Hall–Kier alpha value is -3.40. The maximum atomic E-state index is 5.00. The molecular weight excluding hydrogens is 404 g/mol. The lowest BCUT2D eigenvalue weighted by atomic mass is 9.87. The first-order valence-corrected chi connectivity index (χ1v) is 11.6. The van der Waals surface area contributed by atoms with Gasteiger partial charge in [-0.2, -0.15) is 0 Å². The third-order valence-electron chi connectivity index (χ3n) is 6.42. The second kappa shape index (κ2) is 7.31. The summed E-state index contributed by atoms with van der Waals surface area (Å²) in [7, 11) is 2.09. The second-order valence-electron chi connectivity index (χ2n) is 11.1. The summed E-state index contributed by atoms with van der Waals surface area (Å²) in [6.07, 6.45) is 0. The molecule has 0 unspecified atom stereocenters. The van der Waals surface area contributed by atoms with Crippen LogP contribution in [-0.2, 0) is 17.9 Å². The van der Waals surface area contributed by atoms with Crippen molar-refractivity contribution < 1.29 is 0 Å². The van der Waals surface area contributed by atoms with E-state index in [-0.39, 0.29) is 10.8 Å². The SMILES string of the molecule is Cn1c(-c2ccc(C(C)(C)C)cc2)nc2cc(-c3ccc4nc(C(C)(C)C)[nH]c4c3)ccc21. The van der Waals surface area contributed by atoms with Gasteiger partial charge in [-0.25, -0.2) is 9.97 Å². The number of imidazole rings is 2. The van der Waals surface area contributed by atoms with Gasteiger partial charge in [0.15, 0.2) is 0 Å². The smallest absolute Gasteiger partial charge is 0.140 e. The number of aryl methyl sites for hydroxylation is 1. The van der Waals surface area contributed by atoms with Crippen molar-refractivity contribution in [3.63, 3.8) is 0 Å². The lowest BCUT2D eigenvalue weighted by Crippen LogP contribution is -2.12. The van der Waals surface area contributed by atoms with Gasteiger partial charge in [-0.3, -0.25) is 0 Å². The Morgan fingerprint density at radius 1 is 0.667 bits per heavy atom. The zero-order chi connectivity index (χ0) is 23.5. The standard InChI is InChI=1S/C29H32N4/c1-28(2,3)21-12-8-18(9-13-21)26-30-24-17-20(11-15-25(24)33(26)7)19-10-14-22-23(16-19)32-27(31-22)29(4,5)6/h8-17H,1-7H3,(H,31,32). The Morgan fingerprint density at radius 2 is 1.30 bits per heavy atom. The summed E-state index contributed by atoms with van der Waals surface area (Å²) in [6, 6.07) is 21.8. The average Bonchev–Trinajstić information content (AvgIpc) is 3.34. The summed E-state index contributed by atoms with van der Waals surface area (Å²) in [5.74, 6) is 2.00. The van der Waals surface area contributed by atoms with Crippen molar-refractivity contribution in [1.82, 2.24) is 19.5 Å². The van der Waals surface area contributed by atoms with Gasteiger partial charge in [0.25, 0.3) is 0 Å². The van der Waals surface area contributed by atoms with Crippen molar-refractivity contribution >= 4 is 22.1 Å². The Bertz CT molecular complexity index is 1470. The number of aromatic nitrogens is 4. The molecule has 5 aromatic rings. The molecule has 0 atom stereocenters. The summed E-state index contributed by atoms with van der Waals surface area (Å²) in [4.78, 5) is 13.3. The zero-order valence-electron chi connectivity index (χ0n) is 20.6. The molecule has 0 bridgehead atoms. The van der Waals surface area contributed by atoms with Gasteiger partial charge in [-0.05, 0) is 46.4 Å². The number of nitrogens with zero attached hydrogens (tertiary/aromatic N) is 3. The van der Waals surface area contributed by atoms with Crippen LogP contribution in [0.3, 0.4) is 0 Å². The molecule has 0 aliphatic heterocycles. The minimum atomic E-state index is -0.00641. The van der Waals surface area contributed by atoms with E-state index in [1.165, 1.54) is 5.56 Å². The second-order valence-corrected chi connectivity index (χ2v) is 11.1. The number of rotatable bonds is 2.